The van der Waals surface area contributed by atoms with E-state index in [9.17, 15) is 9.59 Å². The molecule has 2 aromatic rings. The van der Waals surface area contributed by atoms with Crippen LogP contribution in [0.4, 0.5) is 5.69 Å². The topological polar surface area (TPSA) is 70.6 Å². The monoisotopic (exact) mass is 463 g/mol. The predicted octanol–water partition coefficient (Wildman–Crippen LogP) is 4.55. The molecule has 0 unspecified atom stereocenters. The van der Waals surface area contributed by atoms with Crippen molar-refractivity contribution in [3.63, 3.8) is 0 Å². The zero-order valence-electron chi connectivity index (χ0n) is 15.0. The van der Waals surface area contributed by atoms with Crippen LogP contribution in [0.1, 0.15) is 49.0 Å². The van der Waals surface area contributed by atoms with Gasteiger partial charge in [-0.1, -0.05) is 32.0 Å². The lowest BCUT2D eigenvalue weighted by Gasteiger charge is -2.13. The Morgan fingerprint density at radius 2 is 1.73 bits per heavy atom. The van der Waals surface area contributed by atoms with Crippen LogP contribution >= 0.6 is 22.6 Å². The predicted molar refractivity (Wildman–Crippen MR) is 114 cm³/mol. The van der Waals surface area contributed by atoms with E-state index in [0.29, 0.717) is 17.2 Å². The van der Waals surface area contributed by atoms with Gasteiger partial charge in [0.1, 0.15) is 0 Å². The van der Waals surface area contributed by atoms with Gasteiger partial charge in [-0.3, -0.25) is 9.59 Å². The van der Waals surface area contributed by atoms with Gasteiger partial charge in [0.15, 0.2) is 0 Å². The summed E-state index contributed by atoms with van der Waals surface area (Å²) < 4.78 is 1.05. The Labute approximate surface area is 167 Å². The smallest absolute Gasteiger partial charge is 0.271 e. The molecule has 0 fully saturated rings. The van der Waals surface area contributed by atoms with E-state index in [1.165, 1.54) is 0 Å². The van der Waals surface area contributed by atoms with Crippen molar-refractivity contribution in [1.29, 1.82) is 0 Å². The number of para-hydroxylation sites is 1. The van der Waals surface area contributed by atoms with Crippen LogP contribution in [0.15, 0.2) is 53.6 Å². The molecule has 0 aliphatic heterocycles. The Morgan fingerprint density at radius 3 is 2.38 bits per heavy atom. The quantitative estimate of drug-likeness (QED) is 0.375. The number of hydrogen-bond donors (Lipinski definition) is 2. The number of hydrazone groups is 1. The molecule has 26 heavy (non-hydrogen) atoms. The number of anilines is 1. The SMILES string of the molecule is C/C(CC(=O)Nc1ccccc1C(C)C)=N/NC(=O)c1ccc(I)cc1. The molecular weight excluding hydrogens is 441 g/mol. The first-order valence-electron chi connectivity index (χ1n) is 8.34. The molecule has 0 atom stereocenters. The van der Waals surface area contributed by atoms with Crippen molar-refractivity contribution in [2.75, 3.05) is 5.32 Å². The molecule has 2 amide bonds. The minimum absolute atomic E-state index is 0.111. The summed E-state index contributed by atoms with van der Waals surface area (Å²) in [5.74, 6) is -0.149. The van der Waals surface area contributed by atoms with Crippen LogP contribution in [0.25, 0.3) is 0 Å². The van der Waals surface area contributed by atoms with Crippen molar-refractivity contribution in [2.45, 2.75) is 33.1 Å². The van der Waals surface area contributed by atoms with E-state index >= 15 is 0 Å². The van der Waals surface area contributed by atoms with Gasteiger partial charge in [-0.25, -0.2) is 5.43 Å². The summed E-state index contributed by atoms with van der Waals surface area (Å²) in [6.45, 7) is 5.87. The Bertz CT molecular complexity index is 814. The first-order valence-corrected chi connectivity index (χ1v) is 9.42. The Morgan fingerprint density at radius 1 is 1.08 bits per heavy atom. The maximum atomic E-state index is 12.2. The highest BCUT2D eigenvalue weighted by molar-refractivity contribution is 14.1. The average Bonchev–Trinajstić information content (AvgIpc) is 2.60. The van der Waals surface area contributed by atoms with Crippen LogP contribution in [-0.2, 0) is 4.79 Å². The molecule has 0 aliphatic rings. The summed E-state index contributed by atoms with van der Waals surface area (Å²) in [4.78, 5) is 24.3. The summed E-state index contributed by atoms with van der Waals surface area (Å²) in [7, 11) is 0. The summed E-state index contributed by atoms with van der Waals surface area (Å²) in [5.41, 5.74) is 5.43. The third-order valence-corrected chi connectivity index (χ3v) is 4.45. The van der Waals surface area contributed by atoms with E-state index in [4.69, 9.17) is 0 Å². The highest BCUT2D eigenvalue weighted by Crippen LogP contribution is 2.23. The number of halogens is 1. The van der Waals surface area contributed by atoms with E-state index in [1.54, 1.807) is 19.1 Å². The fourth-order valence-electron chi connectivity index (χ4n) is 2.39. The van der Waals surface area contributed by atoms with Crippen molar-refractivity contribution in [1.82, 2.24) is 5.43 Å². The molecule has 5 nitrogen and oxygen atoms in total. The Kier molecular flexibility index (Phi) is 7.32. The van der Waals surface area contributed by atoms with E-state index in [1.807, 2.05) is 36.4 Å². The second-order valence-corrected chi connectivity index (χ2v) is 7.51. The van der Waals surface area contributed by atoms with Gasteiger partial charge in [0.25, 0.3) is 5.91 Å². The molecule has 6 heteroatoms. The van der Waals surface area contributed by atoms with Crippen molar-refractivity contribution < 1.29 is 9.59 Å². The minimum Gasteiger partial charge on any atom is -0.325 e. The molecule has 0 aromatic heterocycles. The van der Waals surface area contributed by atoms with Gasteiger partial charge in [0.2, 0.25) is 5.91 Å². The lowest BCUT2D eigenvalue weighted by Crippen LogP contribution is -2.21. The van der Waals surface area contributed by atoms with Gasteiger partial charge in [-0.2, -0.15) is 5.10 Å². The largest absolute Gasteiger partial charge is 0.325 e. The standard InChI is InChI=1S/C20H22IN3O2/c1-13(2)17-6-4-5-7-18(17)22-19(25)12-14(3)23-24-20(26)15-8-10-16(21)11-9-15/h4-11,13H,12H2,1-3H3,(H,22,25)(H,24,26)/b23-14-. The normalized spacial score (nSPS) is 11.3. The third kappa shape index (κ3) is 5.94. The number of carbonyl (C=O) groups excluding carboxylic acids is 2. The molecule has 2 N–H and O–H groups in total. The van der Waals surface area contributed by atoms with E-state index in [2.05, 4.69) is 52.3 Å². The Hall–Kier alpha value is -2.22. The summed E-state index contributed by atoms with van der Waals surface area (Å²) in [6.07, 6.45) is 0.111. The van der Waals surface area contributed by atoms with Gasteiger partial charge in [-0.05, 0) is 71.3 Å². The summed E-state index contributed by atoms with van der Waals surface area (Å²) >= 11 is 2.18. The maximum absolute atomic E-state index is 12.2. The number of carbonyl (C=O) groups is 2. The van der Waals surface area contributed by atoms with Crippen LogP contribution in [-0.4, -0.2) is 17.5 Å². The average molecular weight is 463 g/mol. The summed E-state index contributed by atoms with van der Waals surface area (Å²) in [6, 6.07) is 14.9. The second-order valence-electron chi connectivity index (χ2n) is 6.26. The van der Waals surface area contributed by atoms with E-state index < -0.39 is 0 Å². The van der Waals surface area contributed by atoms with E-state index in [0.717, 1.165) is 14.8 Å². The summed E-state index contributed by atoms with van der Waals surface area (Å²) in [5, 5.41) is 6.93. The van der Waals surface area contributed by atoms with E-state index in [-0.39, 0.29) is 18.2 Å². The number of benzene rings is 2. The van der Waals surface area contributed by atoms with Crippen LogP contribution in [0.2, 0.25) is 0 Å². The van der Waals surface area contributed by atoms with Crippen LogP contribution in [0, 0.1) is 3.57 Å². The van der Waals surface area contributed by atoms with Gasteiger partial charge >= 0.3 is 0 Å². The van der Waals surface area contributed by atoms with Crippen LogP contribution < -0.4 is 10.7 Å². The molecule has 0 spiro atoms. The van der Waals surface area contributed by atoms with Gasteiger partial charge < -0.3 is 5.32 Å². The Balaban J connectivity index is 1.93. The molecule has 0 heterocycles. The van der Waals surface area contributed by atoms with Crippen molar-refractivity contribution in [2.24, 2.45) is 5.10 Å². The lowest BCUT2D eigenvalue weighted by molar-refractivity contribution is -0.115. The highest BCUT2D eigenvalue weighted by Gasteiger charge is 2.10. The van der Waals surface area contributed by atoms with Crippen LogP contribution in [0.3, 0.4) is 0 Å². The van der Waals surface area contributed by atoms with Crippen molar-refractivity contribution in [3.8, 4) is 0 Å². The van der Waals surface area contributed by atoms with Crippen molar-refractivity contribution >= 4 is 45.8 Å². The number of nitrogens with zero attached hydrogens (tertiary/aromatic N) is 1. The zero-order valence-corrected chi connectivity index (χ0v) is 17.2. The molecule has 0 aliphatic carbocycles. The highest BCUT2D eigenvalue weighted by atomic mass is 127. The molecule has 0 saturated heterocycles. The van der Waals surface area contributed by atoms with Crippen LogP contribution in [0.5, 0.6) is 0 Å². The van der Waals surface area contributed by atoms with Gasteiger partial charge in [0.05, 0.1) is 6.42 Å². The molecule has 0 saturated carbocycles. The fraction of sp³-hybridized carbons (Fsp3) is 0.250. The fourth-order valence-corrected chi connectivity index (χ4v) is 2.75. The number of hydrogen-bond acceptors (Lipinski definition) is 3. The number of amides is 2. The lowest BCUT2D eigenvalue weighted by atomic mass is 10.0. The third-order valence-electron chi connectivity index (χ3n) is 3.73. The maximum Gasteiger partial charge on any atom is 0.271 e. The molecule has 0 bridgehead atoms. The molecule has 0 radical (unpaired) electrons. The second kappa shape index (κ2) is 9.47. The van der Waals surface area contributed by atoms with Crippen molar-refractivity contribution in [3.05, 3.63) is 63.2 Å². The molecule has 2 rings (SSSR count). The minimum atomic E-state index is -0.300. The zero-order chi connectivity index (χ0) is 19.1. The number of rotatable bonds is 6. The molecule has 2 aromatic carbocycles. The molecule has 136 valence electrons. The van der Waals surface area contributed by atoms with Gasteiger partial charge in [-0.15, -0.1) is 0 Å². The van der Waals surface area contributed by atoms with Gasteiger partial charge in [0, 0.05) is 20.5 Å². The first-order chi connectivity index (χ1) is 12.4. The molecular formula is C20H22IN3O2. The first kappa shape index (κ1) is 20.1. The number of nitrogens with one attached hydrogen (secondary N) is 2.